The molecule has 0 radical (unpaired) electrons. The van der Waals surface area contributed by atoms with Crippen LogP contribution in [0.1, 0.15) is 38.2 Å². The SMILES string of the molecule is CCCCCCNCc1ccc(F)cc1Cl. The van der Waals surface area contributed by atoms with Gasteiger partial charge >= 0.3 is 0 Å². The minimum Gasteiger partial charge on any atom is -0.313 e. The molecule has 0 saturated heterocycles. The molecule has 0 aliphatic carbocycles. The lowest BCUT2D eigenvalue weighted by Crippen LogP contribution is -2.14. The lowest BCUT2D eigenvalue weighted by Gasteiger charge is -2.06. The summed E-state index contributed by atoms with van der Waals surface area (Å²) in [4.78, 5) is 0. The Morgan fingerprint density at radius 3 is 2.75 bits per heavy atom. The Morgan fingerprint density at radius 2 is 2.06 bits per heavy atom. The molecule has 0 aliphatic rings. The second-order valence-corrected chi connectivity index (χ2v) is 4.38. The Bertz CT molecular complexity index is 315. The molecule has 0 bridgehead atoms. The molecule has 0 saturated carbocycles. The van der Waals surface area contributed by atoms with Gasteiger partial charge in [0.2, 0.25) is 0 Å². The highest BCUT2D eigenvalue weighted by atomic mass is 35.5. The third kappa shape index (κ3) is 4.95. The quantitative estimate of drug-likeness (QED) is 0.710. The van der Waals surface area contributed by atoms with E-state index in [0.717, 1.165) is 12.1 Å². The molecule has 0 aliphatic heterocycles. The van der Waals surface area contributed by atoms with Crippen LogP contribution in [0.5, 0.6) is 0 Å². The van der Waals surface area contributed by atoms with Crippen LogP contribution in [0.2, 0.25) is 5.02 Å². The van der Waals surface area contributed by atoms with Gasteiger partial charge in [-0.2, -0.15) is 0 Å². The minimum atomic E-state index is -0.281. The molecular weight excluding hydrogens is 225 g/mol. The first kappa shape index (κ1) is 13.5. The van der Waals surface area contributed by atoms with E-state index in [1.165, 1.54) is 37.8 Å². The molecule has 0 atom stereocenters. The smallest absolute Gasteiger partial charge is 0.124 e. The Balaban J connectivity index is 2.21. The Morgan fingerprint density at radius 1 is 1.25 bits per heavy atom. The molecule has 1 aromatic rings. The molecule has 0 fully saturated rings. The predicted molar refractivity (Wildman–Crippen MR) is 67.3 cm³/mol. The number of nitrogens with one attached hydrogen (secondary N) is 1. The Labute approximate surface area is 102 Å². The van der Waals surface area contributed by atoms with Gasteiger partial charge in [0.15, 0.2) is 0 Å². The summed E-state index contributed by atoms with van der Waals surface area (Å²) < 4.78 is 12.8. The van der Waals surface area contributed by atoms with Crippen molar-refractivity contribution < 1.29 is 4.39 Å². The predicted octanol–water partition coefficient (Wildman–Crippen LogP) is 4.15. The van der Waals surface area contributed by atoms with Gasteiger partial charge in [0, 0.05) is 11.6 Å². The van der Waals surface area contributed by atoms with E-state index in [4.69, 9.17) is 11.6 Å². The number of unbranched alkanes of at least 4 members (excludes halogenated alkanes) is 3. The molecule has 1 N–H and O–H groups in total. The lowest BCUT2D eigenvalue weighted by molar-refractivity contribution is 0.596. The molecular formula is C13H19ClFN. The first-order valence-corrected chi connectivity index (χ1v) is 6.26. The lowest BCUT2D eigenvalue weighted by atomic mass is 10.2. The number of halogens is 2. The van der Waals surface area contributed by atoms with Crippen molar-refractivity contribution in [3.05, 3.63) is 34.6 Å². The van der Waals surface area contributed by atoms with Crippen molar-refractivity contribution in [3.8, 4) is 0 Å². The maximum atomic E-state index is 12.8. The average molecular weight is 244 g/mol. The Kier molecular flexibility index (Phi) is 6.43. The van der Waals surface area contributed by atoms with Crippen LogP contribution in [0.4, 0.5) is 4.39 Å². The van der Waals surface area contributed by atoms with Gasteiger partial charge in [-0.1, -0.05) is 43.9 Å². The summed E-state index contributed by atoms with van der Waals surface area (Å²) in [6.45, 7) is 3.91. The zero-order chi connectivity index (χ0) is 11.8. The summed E-state index contributed by atoms with van der Waals surface area (Å²) in [5.41, 5.74) is 0.957. The van der Waals surface area contributed by atoms with Gasteiger partial charge in [-0.05, 0) is 30.7 Å². The highest BCUT2D eigenvalue weighted by Crippen LogP contribution is 2.16. The largest absolute Gasteiger partial charge is 0.313 e. The van der Waals surface area contributed by atoms with Gasteiger partial charge in [-0.3, -0.25) is 0 Å². The monoisotopic (exact) mass is 243 g/mol. The molecule has 3 heteroatoms. The molecule has 0 unspecified atom stereocenters. The van der Waals surface area contributed by atoms with Crippen LogP contribution in [0, 0.1) is 5.82 Å². The molecule has 1 nitrogen and oxygen atoms in total. The van der Waals surface area contributed by atoms with Crippen LogP contribution >= 0.6 is 11.6 Å². The molecule has 1 aromatic carbocycles. The fraction of sp³-hybridized carbons (Fsp3) is 0.538. The van der Waals surface area contributed by atoms with Crippen LogP contribution in [0.3, 0.4) is 0 Å². The molecule has 16 heavy (non-hydrogen) atoms. The third-order valence-corrected chi connectivity index (χ3v) is 2.89. The maximum absolute atomic E-state index is 12.8. The van der Waals surface area contributed by atoms with E-state index in [0.29, 0.717) is 11.6 Å². The summed E-state index contributed by atoms with van der Waals surface area (Å²) in [6, 6.07) is 4.53. The van der Waals surface area contributed by atoms with Crippen molar-refractivity contribution in [1.29, 1.82) is 0 Å². The van der Waals surface area contributed by atoms with Gasteiger partial charge in [0.1, 0.15) is 5.82 Å². The van der Waals surface area contributed by atoms with Crippen molar-refractivity contribution in [3.63, 3.8) is 0 Å². The third-order valence-electron chi connectivity index (χ3n) is 2.54. The number of hydrogen-bond acceptors (Lipinski definition) is 1. The van der Waals surface area contributed by atoms with Crippen LogP contribution < -0.4 is 5.32 Å². The van der Waals surface area contributed by atoms with E-state index in [2.05, 4.69) is 12.2 Å². The molecule has 0 aromatic heterocycles. The summed E-state index contributed by atoms with van der Waals surface area (Å²) in [5.74, 6) is -0.281. The first-order chi connectivity index (χ1) is 7.74. The minimum absolute atomic E-state index is 0.281. The average Bonchev–Trinajstić information content (AvgIpc) is 2.26. The van der Waals surface area contributed by atoms with E-state index in [9.17, 15) is 4.39 Å². The van der Waals surface area contributed by atoms with E-state index in [1.54, 1.807) is 6.07 Å². The van der Waals surface area contributed by atoms with Gasteiger partial charge in [0.25, 0.3) is 0 Å². The van der Waals surface area contributed by atoms with Gasteiger partial charge in [-0.15, -0.1) is 0 Å². The van der Waals surface area contributed by atoms with Crippen LogP contribution in [-0.2, 0) is 6.54 Å². The standard InChI is InChI=1S/C13H19ClFN/c1-2-3-4-5-8-16-10-11-6-7-12(15)9-13(11)14/h6-7,9,16H,2-5,8,10H2,1H3. The second-order valence-electron chi connectivity index (χ2n) is 3.97. The highest BCUT2D eigenvalue weighted by Gasteiger charge is 2.00. The van der Waals surface area contributed by atoms with Crippen molar-refractivity contribution >= 4 is 11.6 Å². The normalized spacial score (nSPS) is 10.7. The van der Waals surface area contributed by atoms with E-state index in [-0.39, 0.29) is 5.82 Å². The fourth-order valence-electron chi connectivity index (χ4n) is 1.56. The van der Waals surface area contributed by atoms with Crippen molar-refractivity contribution in [2.45, 2.75) is 39.2 Å². The zero-order valence-electron chi connectivity index (χ0n) is 9.73. The van der Waals surface area contributed by atoms with Crippen LogP contribution in [0.15, 0.2) is 18.2 Å². The van der Waals surface area contributed by atoms with E-state index < -0.39 is 0 Å². The zero-order valence-corrected chi connectivity index (χ0v) is 10.5. The van der Waals surface area contributed by atoms with Crippen molar-refractivity contribution in [2.24, 2.45) is 0 Å². The van der Waals surface area contributed by atoms with Gasteiger partial charge in [0.05, 0.1) is 0 Å². The van der Waals surface area contributed by atoms with Gasteiger partial charge < -0.3 is 5.32 Å². The first-order valence-electron chi connectivity index (χ1n) is 5.88. The fourth-order valence-corrected chi connectivity index (χ4v) is 1.80. The van der Waals surface area contributed by atoms with Crippen LogP contribution in [0.25, 0.3) is 0 Å². The van der Waals surface area contributed by atoms with E-state index >= 15 is 0 Å². The molecule has 90 valence electrons. The highest BCUT2D eigenvalue weighted by molar-refractivity contribution is 6.31. The summed E-state index contributed by atoms with van der Waals surface area (Å²) in [7, 11) is 0. The Hall–Kier alpha value is -0.600. The molecule has 0 spiro atoms. The topological polar surface area (TPSA) is 12.0 Å². The second kappa shape index (κ2) is 7.64. The summed E-state index contributed by atoms with van der Waals surface area (Å²) in [6.07, 6.45) is 5.00. The molecule has 0 heterocycles. The summed E-state index contributed by atoms with van der Waals surface area (Å²) in [5, 5.41) is 3.81. The van der Waals surface area contributed by atoms with Crippen molar-refractivity contribution in [2.75, 3.05) is 6.54 Å². The van der Waals surface area contributed by atoms with E-state index in [1.807, 2.05) is 0 Å². The number of hydrogen-bond donors (Lipinski definition) is 1. The summed E-state index contributed by atoms with van der Waals surface area (Å²) >= 11 is 5.91. The molecule has 1 rings (SSSR count). The van der Waals surface area contributed by atoms with Gasteiger partial charge in [-0.25, -0.2) is 4.39 Å². The number of benzene rings is 1. The molecule has 0 amide bonds. The maximum Gasteiger partial charge on any atom is 0.124 e. The van der Waals surface area contributed by atoms with Crippen LogP contribution in [-0.4, -0.2) is 6.54 Å². The van der Waals surface area contributed by atoms with Crippen molar-refractivity contribution in [1.82, 2.24) is 5.32 Å². The number of rotatable bonds is 7.